The molecule has 1 spiro atoms. The number of rotatable bonds is 3. The van der Waals surface area contributed by atoms with Gasteiger partial charge in [0.1, 0.15) is 0 Å². The van der Waals surface area contributed by atoms with Crippen molar-refractivity contribution in [3.63, 3.8) is 0 Å². The summed E-state index contributed by atoms with van der Waals surface area (Å²) >= 11 is 1.82. The van der Waals surface area contributed by atoms with E-state index in [4.69, 9.17) is 9.97 Å². The summed E-state index contributed by atoms with van der Waals surface area (Å²) in [7, 11) is 0. The Morgan fingerprint density at radius 2 is 0.881 bits per heavy atom. The highest BCUT2D eigenvalue weighted by molar-refractivity contribution is 7.99. The molecule has 7 heteroatoms. The summed E-state index contributed by atoms with van der Waals surface area (Å²) < 4.78 is 7.11. The summed E-state index contributed by atoms with van der Waals surface area (Å²) in [6, 6.07) is 72.5. The Morgan fingerprint density at radius 1 is 0.388 bits per heavy atom. The SMILES string of the molecule is N#Cc1ccc2c(c1)c1cc(-n3c4ccccc4c4ccccc43)ccc1n2-c1ccc2c(c1)C1(c3ccccc3S2)c2cccnc2-c2ncc(-n3c4ccccc4c4ccccc43)cc21. The maximum atomic E-state index is 10.2. The van der Waals surface area contributed by atoms with Gasteiger partial charge in [0.25, 0.3) is 0 Å². The normalized spacial score (nSPS) is 14.9. The molecule has 5 aromatic heterocycles. The molecule has 1 atom stereocenters. The minimum Gasteiger partial charge on any atom is -0.309 e. The van der Waals surface area contributed by atoms with Gasteiger partial charge in [-0.05, 0) is 114 Å². The fourth-order valence-corrected chi connectivity index (χ4v) is 12.9. The maximum absolute atomic E-state index is 10.2. The number of aromatic nitrogens is 5. The van der Waals surface area contributed by atoms with Crippen LogP contribution in [0.1, 0.15) is 27.8 Å². The second kappa shape index (κ2) is 13.4. The largest absolute Gasteiger partial charge is 0.309 e. The Labute approximate surface area is 388 Å². The van der Waals surface area contributed by atoms with Crippen LogP contribution in [-0.4, -0.2) is 23.7 Å². The van der Waals surface area contributed by atoms with Crippen LogP contribution in [0.3, 0.4) is 0 Å². The van der Waals surface area contributed by atoms with Gasteiger partial charge in [0.15, 0.2) is 0 Å². The molecule has 0 amide bonds. The van der Waals surface area contributed by atoms with Crippen LogP contribution in [0.25, 0.3) is 93.9 Å². The Balaban J connectivity index is 1.00. The minimum atomic E-state index is -0.732. The van der Waals surface area contributed by atoms with Gasteiger partial charge in [-0.15, -0.1) is 0 Å². The Bertz CT molecular complexity index is 4250. The van der Waals surface area contributed by atoms with E-state index in [1.54, 1.807) is 0 Å². The smallest absolute Gasteiger partial charge is 0.0991 e. The molecular weight excluding hydrogens is 837 g/mol. The van der Waals surface area contributed by atoms with Gasteiger partial charge in [-0.3, -0.25) is 9.97 Å². The number of para-hydroxylation sites is 4. The van der Waals surface area contributed by atoms with Crippen molar-refractivity contribution in [3.8, 4) is 34.5 Å². The summed E-state index contributed by atoms with van der Waals surface area (Å²) in [5.74, 6) is 0. The van der Waals surface area contributed by atoms with E-state index in [9.17, 15) is 5.26 Å². The molecule has 0 bridgehead atoms. The third-order valence-corrected chi connectivity index (χ3v) is 15.6. The van der Waals surface area contributed by atoms with Crippen molar-refractivity contribution in [2.24, 2.45) is 0 Å². The fraction of sp³-hybridized carbons (Fsp3) is 0.0167. The van der Waals surface area contributed by atoms with Crippen molar-refractivity contribution in [2.45, 2.75) is 15.2 Å². The van der Waals surface area contributed by atoms with E-state index in [1.807, 2.05) is 36.3 Å². The Kier molecular flexibility index (Phi) is 7.34. The van der Waals surface area contributed by atoms with Crippen LogP contribution < -0.4 is 0 Å². The van der Waals surface area contributed by atoms with Crippen LogP contribution >= 0.6 is 11.8 Å². The zero-order valence-corrected chi connectivity index (χ0v) is 36.5. The number of nitriles is 1. The van der Waals surface area contributed by atoms with Crippen molar-refractivity contribution in [1.82, 2.24) is 23.7 Å². The van der Waals surface area contributed by atoms with E-state index in [0.29, 0.717) is 5.56 Å². The first-order chi connectivity index (χ1) is 33.2. The maximum Gasteiger partial charge on any atom is 0.0991 e. The summed E-state index contributed by atoms with van der Waals surface area (Å²) in [5, 5.41) is 17.2. The van der Waals surface area contributed by atoms with Crippen molar-refractivity contribution in [3.05, 3.63) is 234 Å². The van der Waals surface area contributed by atoms with Crippen molar-refractivity contribution >= 4 is 77.2 Å². The third kappa shape index (κ3) is 4.79. The van der Waals surface area contributed by atoms with Gasteiger partial charge < -0.3 is 13.7 Å². The highest BCUT2D eigenvalue weighted by atomic mass is 32.2. The molecule has 6 heterocycles. The average Bonchev–Trinajstić information content (AvgIpc) is 4.10. The predicted octanol–water partition coefficient (Wildman–Crippen LogP) is 14.5. The van der Waals surface area contributed by atoms with Crippen LogP contribution in [0.2, 0.25) is 0 Å². The number of hydrogen-bond acceptors (Lipinski definition) is 4. The van der Waals surface area contributed by atoms with Crippen molar-refractivity contribution < 1.29 is 0 Å². The number of fused-ring (bicyclic) bond motifs is 18. The van der Waals surface area contributed by atoms with E-state index in [0.717, 1.165) is 83.4 Å². The van der Waals surface area contributed by atoms with E-state index >= 15 is 0 Å². The monoisotopic (exact) mass is 870 g/mol. The van der Waals surface area contributed by atoms with E-state index < -0.39 is 5.41 Å². The molecule has 8 aromatic carbocycles. The molecule has 0 saturated heterocycles. The van der Waals surface area contributed by atoms with Crippen LogP contribution in [-0.2, 0) is 5.41 Å². The Hall–Kier alpha value is -8.70. The molecule has 1 aliphatic heterocycles. The first-order valence-corrected chi connectivity index (χ1v) is 23.3. The molecule has 13 aromatic rings. The van der Waals surface area contributed by atoms with Crippen LogP contribution in [0.15, 0.2) is 216 Å². The summed E-state index contributed by atoms with van der Waals surface area (Å²) in [5.41, 5.74) is 16.2. The van der Waals surface area contributed by atoms with Gasteiger partial charge in [-0.2, -0.15) is 5.26 Å². The first-order valence-electron chi connectivity index (χ1n) is 22.5. The second-order valence-electron chi connectivity index (χ2n) is 17.6. The minimum absolute atomic E-state index is 0.629. The molecule has 15 rings (SSSR count). The van der Waals surface area contributed by atoms with Crippen molar-refractivity contribution in [2.75, 3.05) is 0 Å². The topological polar surface area (TPSA) is 64.4 Å². The zero-order valence-electron chi connectivity index (χ0n) is 35.7. The van der Waals surface area contributed by atoms with Crippen LogP contribution in [0.4, 0.5) is 0 Å². The lowest BCUT2D eigenvalue weighted by Gasteiger charge is -2.39. The van der Waals surface area contributed by atoms with E-state index in [2.05, 4.69) is 202 Å². The van der Waals surface area contributed by atoms with Gasteiger partial charge in [0, 0.05) is 65.2 Å². The zero-order chi connectivity index (χ0) is 44.0. The molecule has 0 saturated carbocycles. The molecule has 310 valence electrons. The van der Waals surface area contributed by atoms with Gasteiger partial charge in [0.2, 0.25) is 0 Å². The molecule has 0 fully saturated rings. The molecule has 67 heavy (non-hydrogen) atoms. The van der Waals surface area contributed by atoms with Crippen LogP contribution in [0.5, 0.6) is 0 Å². The second-order valence-corrected chi connectivity index (χ2v) is 18.7. The van der Waals surface area contributed by atoms with Gasteiger partial charge in [0.05, 0.1) is 73.4 Å². The number of benzene rings is 8. The van der Waals surface area contributed by atoms with Gasteiger partial charge in [-0.1, -0.05) is 109 Å². The lowest BCUT2D eigenvalue weighted by atomic mass is 9.67. The molecule has 6 nitrogen and oxygen atoms in total. The summed E-state index contributed by atoms with van der Waals surface area (Å²) in [6.07, 6.45) is 3.92. The predicted molar refractivity (Wildman–Crippen MR) is 271 cm³/mol. The van der Waals surface area contributed by atoms with E-state index in [1.165, 1.54) is 42.5 Å². The third-order valence-electron chi connectivity index (χ3n) is 14.4. The number of hydrogen-bond donors (Lipinski definition) is 0. The number of nitrogens with zero attached hydrogens (tertiary/aromatic N) is 6. The first kappa shape index (κ1) is 36.6. The van der Waals surface area contributed by atoms with Gasteiger partial charge in [-0.25, -0.2) is 0 Å². The van der Waals surface area contributed by atoms with Gasteiger partial charge >= 0.3 is 0 Å². The average molecular weight is 871 g/mol. The van der Waals surface area contributed by atoms with Crippen molar-refractivity contribution in [1.29, 1.82) is 5.26 Å². The number of pyridine rings is 2. The van der Waals surface area contributed by atoms with E-state index in [-0.39, 0.29) is 0 Å². The molecule has 1 aliphatic carbocycles. The molecule has 0 radical (unpaired) electrons. The quantitative estimate of drug-likeness (QED) is 0.177. The molecule has 0 N–H and O–H groups in total. The Morgan fingerprint density at radius 3 is 1.55 bits per heavy atom. The molecular formula is C60H34N6S. The lowest BCUT2D eigenvalue weighted by molar-refractivity contribution is 0.717. The highest BCUT2D eigenvalue weighted by Crippen LogP contribution is 2.62. The highest BCUT2D eigenvalue weighted by Gasteiger charge is 2.52. The lowest BCUT2D eigenvalue weighted by Crippen LogP contribution is -2.32. The summed E-state index contributed by atoms with van der Waals surface area (Å²) in [6.45, 7) is 0. The standard InChI is InChI=1S/C60H34N6S/c61-34-36-23-26-54-44(30-36)45-31-37(64-50-18-6-1-12-40(50)41-13-2-7-19-51(41)64)24-27-55(45)65(54)38-25-28-57-48(32-38)60(46-16-5-10-22-56(46)67-57)47-17-11-29-62-58(47)59-49(60)33-39(35-63-59)66-52-20-8-3-14-42(52)43-15-4-9-21-53(43)66/h1-33,35H. The molecule has 2 aliphatic rings. The summed E-state index contributed by atoms with van der Waals surface area (Å²) in [4.78, 5) is 12.9. The fourth-order valence-electron chi connectivity index (χ4n) is 11.7. The van der Waals surface area contributed by atoms with Crippen LogP contribution in [0, 0.1) is 11.3 Å². The molecule has 1 unspecified atom stereocenters.